The van der Waals surface area contributed by atoms with E-state index in [4.69, 9.17) is 14.2 Å². The van der Waals surface area contributed by atoms with E-state index in [0.29, 0.717) is 18.0 Å². The Labute approximate surface area is 183 Å². The average molecular weight is 431 g/mol. The maximum absolute atomic E-state index is 13.4. The lowest BCUT2D eigenvalue weighted by Crippen LogP contribution is -2.49. The molecule has 2 atom stereocenters. The Bertz CT molecular complexity index is 888. The summed E-state index contributed by atoms with van der Waals surface area (Å²) in [5.41, 5.74) is 3.31. The number of halogens is 1. The lowest BCUT2D eigenvalue weighted by Gasteiger charge is -2.42. The van der Waals surface area contributed by atoms with Gasteiger partial charge in [0, 0.05) is 26.2 Å². The second-order valence-electron chi connectivity index (χ2n) is 7.71. The number of hydrogen-bond donors (Lipinski definition) is 1. The van der Waals surface area contributed by atoms with E-state index in [1.165, 1.54) is 24.8 Å². The molecule has 0 unspecified atom stereocenters. The van der Waals surface area contributed by atoms with Gasteiger partial charge in [-0.25, -0.2) is 4.39 Å². The third kappa shape index (κ3) is 5.35. The number of methoxy groups -OCH3 is 3. The normalized spacial score (nSPS) is 17.0. The summed E-state index contributed by atoms with van der Waals surface area (Å²) in [7, 11) is 4.76. The molecule has 1 aliphatic heterocycles. The highest BCUT2D eigenvalue weighted by Crippen LogP contribution is 2.40. The van der Waals surface area contributed by atoms with Gasteiger partial charge in [0.05, 0.1) is 20.3 Å². The van der Waals surface area contributed by atoms with Crippen molar-refractivity contribution in [1.82, 2.24) is 10.2 Å². The van der Waals surface area contributed by atoms with Crippen molar-refractivity contribution in [2.45, 2.75) is 38.4 Å². The lowest BCUT2D eigenvalue weighted by molar-refractivity contribution is -0.126. The van der Waals surface area contributed by atoms with Crippen LogP contribution in [0.3, 0.4) is 0 Å². The molecule has 0 aliphatic carbocycles. The zero-order valence-corrected chi connectivity index (χ0v) is 18.6. The van der Waals surface area contributed by atoms with E-state index in [1.54, 1.807) is 26.4 Å². The van der Waals surface area contributed by atoms with Crippen LogP contribution in [0.4, 0.5) is 4.39 Å². The Balaban J connectivity index is 2.00. The number of nitrogens with one attached hydrogen (secondary N) is 1. The molecule has 0 spiro atoms. The molecular weight excluding hydrogens is 399 g/mol. The van der Waals surface area contributed by atoms with Crippen LogP contribution in [-0.2, 0) is 22.5 Å². The number of nitrogens with zero attached hydrogens (tertiary/aromatic N) is 1. The second-order valence-corrected chi connectivity index (χ2v) is 7.71. The average Bonchev–Trinajstić information content (AvgIpc) is 2.78. The van der Waals surface area contributed by atoms with E-state index >= 15 is 0 Å². The first-order chi connectivity index (χ1) is 15.0. The molecule has 0 saturated carbocycles. The molecule has 168 valence electrons. The SMILES string of the molecule is CC[C@@H](NC(=O)COC)[C@H]1c2cc(OC)c(OC)cc2CCN1Cc1ccc(F)cc1. The molecule has 3 rings (SSSR count). The van der Waals surface area contributed by atoms with Crippen molar-refractivity contribution in [2.24, 2.45) is 0 Å². The molecule has 7 heteroatoms. The monoisotopic (exact) mass is 430 g/mol. The van der Waals surface area contributed by atoms with Gasteiger partial charge in [0.1, 0.15) is 12.4 Å². The van der Waals surface area contributed by atoms with E-state index in [-0.39, 0.29) is 30.4 Å². The molecule has 0 saturated heterocycles. The van der Waals surface area contributed by atoms with E-state index in [9.17, 15) is 9.18 Å². The summed E-state index contributed by atoms with van der Waals surface area (Å²) in [6.45, 7) is 3.53. The number of ether oxygens (including phenoxy) is 3. The highest BCUT2D eigenvalue weighted by Gasteiger charge is 2.35. The quantitative estimate of drug-likeness (QED) is 0.660. The van der Waals surface area contributed by atoms with Crippen molar-refractivity contribution in [3.63, 3.8) is 0 Å². The fraction of sp³-hybridized carbons (Fsp3) is 0.458. The molecule has 1 heterocycles. The van der Waals surface area contributed by atoms with Crippen LogP contribution in [0.15, 0.2) is 36.4 Å². The Morgan fingerprint density at radius 3 is 2.45 bits per heavy atom. The largest absolute Gasteiger partial charge is 0.493 e. The summed E-state index contributed by atoms with van der Waals surface area (Å²) in [4.78, 5) is 14.7. The maximum Gasteiger partial charge on any atom is 0.246 e. The van der Waals surface area contributed by atoms with Gasteiger partial charge in [-0.1, -0.05) is 19.1 Å². The van der Waals surface area contributed by atoms with Gasteiger partial charge < -0.3 is 19.5 Å². The summed E-state index contributed by atoms with van der Waals surface area (Å²) < 4.78 is 29.5. The molecule has 2 aromatic rings. The first-order valence-electron chi connectivity index (χ1n) is 10.5. The van der Waals surface area contributed by atoms with Crippen molar-refractivity contribution in [2.75, 3.05) is 34.5 Å². The zero-order valence-electron chi connectivity index (χ0n) is 18.6. The fourth-order valence-electron chi connectivity index (χ4n) is 4.29. The van der Waals surface area contributed by atoms with Crippen molar-refractivity contribution in [1.29, 1.82) is 0 Å². The van der Waals surface area contributed by atoms with Crippen LogP contribution in [0.25, 0.3) is 0 Å². The van der Waals surface area contributed by atoms with Gasteiger partial charge in [0.2, 0.25) is 5.91 Å². The molecule has 0 bridgehead atoms. The Hall–Kier alpha value is -2.64. The van der Waals surface area contributed by atoms with Crippen molar-refractivity contribution >= 4 is 5.91 Å². The van der Waals surface area contributed by atoms with Gasteiger partial charge in [-0.3, -0.25) is 9.69 Å². The second kappa shape index (κ2) is 10.6. The van der Waals surface area contributed by atoms with Gasteiger partial charge in [-0.15, -0.1) is 0 Å². The molecule has 6 nitrogen and oxygen atoms in total. The van der Waals surface area contributed by atoms with Gasteiger partial charge in [0.25, 0.3) is 0 Å². The van der Waals surface area contributed by atoms with E-state index in [0.717, 1.165) is 30.5 Å². The highest BCUT2D eigenvalue weighted by molar-refractivity contribution is 5.77. The number of amides is 1. The minimum absolute atomic E-state index is 0.0139. The van der Waals surface area contributed by atoms with Crippen molar-refractivity contribution in [3.05, 3.63) is 58.9 Å². The molecule has 0 fully saturated rings. The Morgan fingerprint density at radius 2 is 1.84 bits per heavy atom. The molecule has 31 heavy (non-hydrogen) atoms. The molecule has 1 aliphatic rings. The molecule has 1 amide bonds. The van der Waals surface area contributed by atoms with Crippen molar-refractivity contribution < 1.29 is 23.4 Å². The Morgan fingerprint density at radius 1 is 1.16 bits per heavy atom. The van der Waals surface area contributed by atoms with E-state index in [2.05, 4.69) is 17.1 Å². The first kappa shape index (κ1) is 23.0. The predicted octanol–water partition coefficient (Wildman–Crippen LogP) is 3.48. The number of carbonyl (C=O) groups is 1. The lowest BCUT2D eigenvalue weighted by atomic mass is 9.86. The van der Waals surface area contributed by atoms with Crippen LogP contribution in [0, 0.1) is 5.82 Å². The minimum Gasteiger partial charge on any atom is -0.493 e. The van der Waals surface area contributed by atoms with E-state index < -0.39 is 0 Å². The van der Waals surface area contributed by atoms with Crippen LogP contribution in [0.5, 0.6) is 11.5 Å². The van der Waals surface area contributed by atoms with Crippen molar-refractivity contribution in [3.8, 4) is 11.5 Å². The van der Waals surface area contributed by atoms with Gasteiger partial charge in [-0.05, 0) is 53.8 Å². The smallest absolute Gasteiger partial charge is 0.246 e. The molecule has 0 radical (unpaired) electrons. The number of fused-ring (bicyclic) bond motifs is 1. The third-order valence-corrected chi connectivity index (χ3v) is 5.77. The van der Waals surface area contributed by atoms with Crippen LogP contribution < -0.4 is 14.8 Å². The van der Waals surface area contributed by atoms with Crippen LogP contribution >= 0.6 is 0 Å². The third-order valence-electron chi connectivity index (χ3n) is 5.77. The number of carbonyl (C=O) groups excluding carboxylic acids is 1. The Kier molecular flexibility index (Phi) is 7.87. The van der Waals surface area contributed by atoms with Crippen LogP contribution in [0.1, 0.15) is 36.1 Å². The van der Waals surface area contributed by atoms with Crippen LogP contribution in [-0.4, -0.2) is 51.3 Å². The summed E-state index contributed by atoms with van der Waals surface area (Å²) in [6.07, 6.45) is 1.59. The summed E-state index contributed by atoms with van der Waals surface area (Å²) in [5.74, 6) is 0.958. The predicted molar refractivity (Wildman–Crippen MR) is 117 cm³/mol. The molecular formula is C24H31FN2O4. The summed E-state index contributed by atoms with van der Waals surface area (Å²) in [6, 6.07) is 10.4. The zero-order chi connectivity index (χ0) is 22.4. The first-order valence-corrected chi connectivity index (χ1v) is 10.5. The van der Waals surface area contributed by atoms with Gasteiger partial charge in [-0.2, -0.15) is 0 Å². The number of hydrogen-bond acceptors (Lipinski definition) is 5. The summed E-state index contributed by atoms with van der Waals surface area (Å²) in [5, 5.41) is 3.13. The number of rotatable bonds is 9. The topological polar surface area (TPSA) is 60.0 Å². The maximum atomic E-state index is 13.4. The molecule has 0 aromatic heterocycles. The minimum atomic E-state index is -0.251. The van der Waals surface area contributed by atoms with Crippen LogP contribution in [0.2, 0.25) is 0 Å². The number of benzene rings is 2. The fourth-order valence-corrected chi connectivity index (χ4v) is 4.29. The molecule has 2 aromatic carbocycles. The van der Waals surface area contributed by atoms with Gasteiger partial charge in [0.15, 0.2) is 11.5 Å². The van der Waals surface area contributed by atoms with Gasteiger partial charge >= 0.3 is 0 Å². The molecule has 1 N–H and O–H groups in total. The highest BCUT2D eigenvalue weighted by atomic mass is 19.1. The summed E-state index contributed by atoms with van der Waals surface area (Å²) >= 11 is 0. The standard InChI is InChI=1S/C24H31FN2O4/c1-5-20(26-23(28)15-29-2)24-19-13-22(31-4)21(30-3)12-17(19)10-11-27(24)14-16-6-8-18(25)9-7-16/h6-9,12-13,20,24H,5,10-11,14-15H2,1-4H3,(H,26,28)/t20-,24-/m1/s1. The van der Waals surface area contributed by atoms with E-state index in [1.807, 2.05) is 12.1 Å².